The summed E-state index contributed by atoms with van der Waals surface area (Å²) in [6, 6.07) is 6.31. The summed E-state index contributed by atoms with van der Waals surface area (Å²) in [5.41, 5.74) is 0.516. The summed E-state index contributed by atoms with van der Waals surface area (Å²) in [6.07, 6.45) is 0.106. The highest BCUT2D eigenvalue weighted by molar-refractivity contribution is 7.91. The fourth-order valence-corrected chi connectivity index (χ4v) is 4.59. The van der Waals surface area contributed by atoms with Gasteiger partial charge in [0.2, 0.25) is 11.8 Å². The van der Waals surface area contributed by atoms with Crippen molar-refractivity contribution in [2.24, 2.45) is 0 Å². The second-order valence-electron chi connectivity index (χ2n) is 5.47. The number of halogens is 1. The molecule has 1 N–H and O–H groups in total. The average molecular weight is 359 g/mol. The first-order valence-corrected chi connectivity index (χ1v) is 9.56. The SMILES string of the molecule is CCN(C(=O)CC(=O)Nc1cccc(Cl)c1)C1CCS(=O)(=O)C1. The van der Waals surface area contributed by atoms with Crippen LogP contribution in [0.4, 0.5) is 5.69 Å². The van der Waals surface area contributed by atoms with Gasteiger partial charge in [0.15, 0.2) is 9.84 Å². The smallest absolute Gasteiger partial charge is 0.233 e. The molecule has 126 valence electrons. The Bertz CT molecular complexity index is 705. The van der Waals surface area contributed by atoms with Crippen LogP contribution in [0.3, 0.4) is 0 Å². The molecular weight excluding hydrogens is 340 g/mol. The normalized spacial score (nSPS) is 19.3. The molecule has 2 rings (SSSR count). The third kappa shape index (κ3) is 4.94. The minimum Gasteiger partial charge on any atom is -0.338 e. The minimum atomic E-state index is -3.07. The van der Waals surface area contributed by atoms with Crippen LogP contribution < -0.4 is 5.32 Å². The van der Waals surface area contributed by atoms with Gasteiger partial charge in [-0.15, -0.1) is 0 Å². The van der Waals surface area contributed by atoms with Crippen molar-refractivity contribution in [3.8, 4) is 0 Å². The van der Waals surface area contributed by atoms with Gasteiger partial charge in [0.1, 0.15) is 6.42 Å². The van der Waals surface area contributed by atoms with E-state index >= 15 is 0 Å². The maximum absolute atomic E-state index is 12.3. The molecule has 1 heterocycles. The largest absolute Gasteiger partial charge is 0.338 e. The van der Waals surface area contributed by atoms with Crippen molar-refractivity contribution in [1.82, 2.24) is 4.90 Å². The molecule has 6 nitrogen and oxygen atoms in total. The molecule has 0 aliphatic carbocycles. The van der Waals surface area contributed by atoms with Crippen LogP contribution >= 0.6 is 11.6 Å². The molecular formula is C15H19ClN2O4S. The maximum Gasteiger partial charge on any atom is 0.233 e. The fraction of sp³-hybridized carbons (Fsp3) is 0.467. The topological polar surface area (TPSA) is 83.6 Å². The molecule has 8 heteroatoms. The molecule has 1 atom stereocenters. The molecule has 1 aliphatic heterocycles. The van der Waals surface area contributed by atoms with Gasteiger partial charge in [-0.05, 0) is 31.5 Å². The summed E-state index contributed by atoms with van der Waals surface area (Å²) in [5, 5.41) is 3.10. The van der Waals surface area contributed by atoms with E-state index in [1.54, 1.807) is 31.2 Å². The van der Waals surface area contributed by atoms with Crippen LogP contribution in [0.25, 0.3) is 0 Å². The van der Waals surface area contributed by atoms with Gasteiger partial charge in [0.05, 0.1) is 11.5 Å². The Balaban J connectivity index is 1.95. The predicted molar refractivity (Wildman–Crippen MR) is 89.1 cm³/mol. The van der Waals surface area contributed by atoms with Crippen molar-refractivity contribution in [2.75, 3.05) is 23.4 Å². The van der Waals surface area contributed by atoms with Gasteiger partial charge in [0, 0.05) is 23.3 Å². The molecule has 0 aromatic heterocycles. The van der Waals surface area contributed by atoms with Crippen molar-refractivity contribution in [1.29, 1.82) is 0 Å². The lowest BCUT2D eigenvalue weighted by molar-refractivity contribution is -0.135. The van der Waals surface area contributed by atoms with Crippen LogP contribution in [0.1, 0.15) is 19.8 Å². The van der Waals surface area contributed by atoms with E-state index in [1.807, 2.05) is 0 Å². The predicted octanol–water partition coefficient (Wildman–Crippen LogP) is 1.70. The monoisotopic (exact) mass is 358 g/mol. The third-order valence-electron chi connectivity index (χ3n) is 3.73. The van der Waals surface area contributed by atoms with Crippen LogP contribution in [0.15, 0.2) is 24.3 Å². The quantitative estimate of drug-likeness (QED) is 0.812. The minimum absolute atomic E-state index is 0.0253. The van der Waals surface area contributed by atoms with Crippen molar-refractivity contribution in [3.63, 3.8) is 0 Å². The van der Waals surface area contributed by atoms with Gasteiger partial charge in [-0.3, -0.25) is 9.59 Å². The molecule has 1 unspecified atom stereocenters. The van der Waals surface area contributed by atoms with E-state index in [4.69, 9.17) is 11.6 Å². The number of anilines is 1. The number of carbonyl (C=O) groups is 2. The average Bonchev–Trinajstić information content (AvgIpc) is 2.79. The maximum atomic E-state index is 12.3. The van der Waals surface area contributed by atoms with Gasteiger partial charge in [-0.25, -0.2) is 8.42 Å². The van der Waals surface area contributed by atoms with Crippen LogP contribution in [0, 0.1) is 0 Å². The van der Waals surface area contributed by atoms with E-state index in [0.29, 0.717) is 23.7 Å². The highest BCUT2D eigenvalue weighted by atomic mass is 35.5. The lowest BCUT2D eigenvalue weighted by atomic mass is 10.2. The number of hydrogen-bond acceptors (Lipinski definition) is 4. The van der Waals surface area contributed by atoms with Gasteiger partial charge >= 0.3 is 0 Å². The number of nitrogens with zero attached hydrogens (tertiary/aromatic N) is 1. The molecule has 0 spiro atoms. The Morgan fingerprint density at radius 1 is 1.39 bits per heavy atom. The van der Waals surface area contributed by atoms with Gasteiger partial charge in [-0.2, -0.15) is 0 Å². The van der Waals surface area contributed by atoms with E-state index in [9.17, 15) is 18.0 Å². The number of sulfone groups is 1. The van der Waals surface area contributed by atoms with Crippen LogP contribution in [-0.4, -0.2) is 49.2 Å². The highest BCUT2D eigenvalue weighted by Gasteiger charge is 2.34. The number of benzene rings is 1. The number of amides is 2. The van der Waals surface area contributed by atoms with Crippen molar-refractivity contribution in [3.05, 3.63) is 29.3 Å². The Morgan fingerprint density at radius 3 is 2.70 bits per heavy atom. The van der Waals surface area contributed by atoms with Crippen LogP contribution in [0.5, 0.6) is 0 Å². The first-order valence-electron chi connectivity index (χ1n) is 7.36. The zero-order valence-corrected chi connectivity index (χ0v) is 14.4. The summed E-state index contributed by atoms with van der Waals surface area (Å²) < 4.78 is 23.1. The molecule has 1 aromatic carbocycles. The van der Waals surface area contributed by atoms with Crippen molar-refractivity contribution in [2.45, 2.75) is 25.8 Å². The van der Waals surface area contributed by atoms with Crippen molar-refractivity contribution >= 4 is 38.9 Å². The zero-order chi connectivity index (χ0) is 17.0. The van der Waals surface area contributed by atoms with E-state index in [0.717, 1.165) is 0 Å². The molecule has 0 bridgehead atoms. The van der Waals surface area contributed by atoms with Gasteiger partial charge in [0.25, 0.3) is 0 Å². The second-order valence-corrected chi connectivity index (χ2v) is 8.14. The summed E-state index contributed by atoms with van der Waals surface area (Å²) in [5.74, 6) is -0.746. The lowest BCUT2D eigenvalue weighted by Crippen LogP contribution is -2.42. The zero-order valence-electron chi connectivity index (χ0n) is 12.8. The molecule has 1 aromatic rings. The number of rotatable bonds is 5. The summed E-state index contributed by atoms with van der Waals surface area (Å²) in [4.78, 5) is 25.7. The Morgan fingerprint density at radius 2 is 2.13 bits per heavy atom. The van der Waals surface area contributed by atoms with Crippen molar-refractivity contribution < 1.29 is 18.0 Å². The Labute approximate surface area is 140 Å². The molecule has 1 saturated heterocycles. The van der Waals surface area contributed by atoms with E-state index in [-0.39, 0.29) is 29.9 Å². The molecule has 0 radical (unpaired) electrons. The van der Waals surface area contributed by atoms with E-state index < -0.39 is 15.7 Å². The van der Waals surface area contributed by atoms with Crippen LogP contribution in [-0.2, 0) is 19.4 Å². The molecule has 1 fully saturated rings. The lowest BCUT2D eigenvalue weighted by Gasteiger charge is -2.26. The van der Waals surface area contributed by atoms with E-state index in [1.165, 1.54) is 4.90 Å². The number of hydrogen-bond donors (Lipinski definition) is 1. The number of carbonyl (C=O) groups excluding carboxylic acids is 2. The highest BCUT2D eigenvalue weighted by Crippen LogP contribution is 2.19. The van der Waals surface area contributed by atoms with Gasteiger partial charge < -0.3 is 10.2 Å². The Hall–Kier alpha value is -1.60. The van der Waals surface area contributed by atoms with E-state index in [2.05, 4.69) is 5.32 Å². The first kappa shape index (κ1) is 17.7. The third-order valence-corrected chi connectivity index (χ3v) is 5.72. The summed E-state index contributed by atoms with van der Waals surface area (Å²) in [7, 11) is -3.07. The molecule has 0 saturated carbocycles. The summed E-state index contributed by atoms with van der Waals surface area (Å²) in [6.45, 7) is 2.15. The molecule has 1 aliphatic rings. The fourth-order valence-electron chi connectivity index (χ4n) is 2.67. The summed E-state index contributed by atoms with van der Waals surface area (Å²) >= 11 is 5.84. The Kier molecular flexibility index (Phi) is 5.64. The standard InChI is InChI=1S/C15H19ClN2O4S/c1-2-18(13-6-7-23(21,22)10-13)15(20)9-14(19)17-12-5-3-4-11(16)8-12/h3-5,8,13H,2,6-7,9-10H2,1H3,(H,17,19). The van der Waals surface area contributed by atoms with Crippen LogP contribution in [0.2, 0.25) is 5.02 Å². The first-order chi connectivity index (χ1) is 10.8. The van der Waals surface area contributed by atoms with Gasteiger partial charge in [-0.1, -0.05) is 17.7 Å². The second kappa shape index (κ2) is 7.31. The molecule has 2 amide bonds. The molecule has 23 heavy (non-hydrogen) atoms. The number of nitrogens with one attached hydrogen (secondary N) is 1.